The van der Waals surface area contributed by atoms with Crippen LogP contribution in [0.1, 0.15) is 22.0 Å². The number of methoxy groups -OCH3 is 2. The molecule has 0 N–H and O–H groups in total. The van der Waals surface area contributed by atoms with E-state index in [1.54, 1.807) is 48.5 Å². The fourth-order valence-corrected chi connectivity index (χ4v) is 2.23. The summed E-state index contributed by atoms with van der Waals surface area (Å²) in [6.45, 7) is 0. The summed E-state index contributed by atoms with van der Waals surface area (Å²) in [4.78, 5) is 24.4. The summed E-state index contributed by atoms with van der Waals surface area (Å²) in [5.74, 6) is 0.566. The van der Waals surface area contributed by atoms with Gasteiger partial charge in [-0.25, -0.2) is 4.79 Å². The van der Waals surface area contributed by atoms with E-state index < -0.39 is 21.0 Å². The number of carbonyl (C=O) groups excluding carboxylic acids is 2. The van der Waals surface area contributed by atoms with Gasteiger partial charge >= 0.3 is 5.71 Å². The third-order valence-corrected chi connectivity index (χ3v) is 3.32. The van der Waals surface area contributed by atoms with Crippen LogP contribution in [0.2, 0.25) is 0 Å². The van der Waals surface area contributed by atoms with E-state index >= 15 is 0 Å². The second kappa shape index (κ2) is 7.75. The Bertz CT molecular complexity index is 698. The molecule has 0 spiro atoms. The van der Waals surface area contributed by atoms with Crippen LogP contribution in [-0.4, -0.2) is 27.0 Å². The van der Waals surface area contributed by atoms with Gasteiger partial charge in [0.2, 0.25) is 5.78 Å². The van der Waals surface area contributed by atoms with Crippen LogP contribution < -0.4 is 9.47 Å². The first-order valence-corrected chi connectivity index (χ1v) is 7.29. The van der Waals surface area contributed by atoms with Crippen LogP contribution in [0.3, 0.4) is 0 Å². The first-order valence-electron chi connectivity index (χ1n) is 7.29. The molecule has 2 atom stereocenters. The van der Waals surface area contributed by atoms with E-state index in [4.69, 9.17) is 15.5 Å². The Balaban J connectivity index is 2.46. The van der Waals surface area contributed by atoms with E-state index in [-0.39, 0.29) is 5.78 Å². The minimum atomic E-state index is -1.17. The maximum atomic E-state index is 12.8. The van der Waals surface area contributed by atoms with Crippen LogP contribution in [-0.2, 0) is 4.74 Å². The molecule has 0 aliphatic heterocycles. The molecule has 2 aromatic rings. The molecule has 2 rings (SSSR count). The quantitative estimate of drug-likeness (QED) is 0.572. The maximum Gasteiger partial charge on any atom is 0.320 e. The van der Waals surface area contributed by atoms with Gasteiger partial charge in [0.25, 0.3) is 0 Å². The number of ether oxygens (including phenoxy) is 3. The summed E-state index contributed by atoms with van der Waals surface area (Å²) in [7, 11) is 2.17. The van der Waals surface area contributed by atoms with Crippen molar-refractivity contribution in [3.63, 3.8) is 0 Å². The van der Waals surface area contributed by atoms with E-state index in [1.807, 2.05) is 0 Å². The lowest BCUT2D eigenvalue weighted by molar-refractivity contribution is 0.0694. The van der Waals surface area contributed by atoms with Crippen molar-refractivity contribution in [3.8, 4) is 11.5 Å². The molecule has 0 saturated heterocycles. The number of rotatable bonds is 7. The van der Waals surface area contributed by atoms with Gasteiger partial charge in [0, 0.05) is 17.2 Å². The number of hydrogen-bond donors (Lipinski definition) is 0. The van der Waals surface area contributed by atoms with Crippen molar-refractivity contribution in [2.45, 2.75) is 6.10 Å². The molecule has 0 aromatic heterocycles. The minimum Gasteiger partial charge on any atom is -0.497 e. The highest BCUT2D eigenvalue weighted by atomic mass is 31.0. The molecule has 6 heteroatoms. The number of Topliss-reactive ketones (excluding diaryl/α,β-unsaturated/α-hetero) is 1. The monoisotopic (exact) mass is 333 g/mol. The molecule has 0 bridgehead atoms. The molecule has 0 radical (unpaired) electrons. The predicted molar refractivity (Wildman–Crippen MR) is 89.3 cm³/mol. The maximum absolute atomic E-state index is 12.8. The number of hydrogen-bond acceptors (Lipinski definition) is 5. The molecule has 2 aromatic carbocycles. The fraction of sp³-hybridized carbons (Fsp3) is 0.176. The molecule has 0 aliphatic rings. The zero-order valence-electron chi connectivity index (χ0n) is 13.7. The second-order valence-electron chi connectivity index (χ2n) is 4.66. The Morgan fingerprint density at radius 3 is 2.17 bits per heavy atom. The van der Waals surface area contributed by atoms with Crippen molar-refractivity contribution >= 4 is 20.7 Å². The van der Waals surface area contributed by atoms with Crippen molar-refractivity contribution in [1.29, 1.82) is 1.28 Å². The predicted octanol–water partition coefficient (Wildman–Crippen LogP) is 3.64. The van der Waals surface area contributed by atoms with Gasteiger partial charge in [-0.15, -0.1) is 0 Å². The molecule has 0 fully saturated rings. The molecule has 0 aliphatic carbocycles. The third-order valence-electron chi connectivity index (χ3n) is 3.20. The Morgan fingerprint density at radius 1 is 1.04 bits per heavy atom. The standard InChI is InChI=1S/C17H17O5P/c1-20-13-8-12(9-14(10-13)21-2)16(22-17(19)23)15(18)11-6-4-3-5-7-11/h3-10,16H,23H2,1-2H3/i23D. The number of benzene rings is 2. The summed E-state index contributed by atoms with van der Waals surface area (Å²) in [6, 6.07) is 13.4. The normalized spacial score (nSPS) is 12.5. The smallest absolute Gasteiger partial charge is 0.320 e. The Kier molecular flexibility index (Phi) is 5.22. The van der Waals surface area contributed by atoms with Crippen LogP contribution >= 0.6 is 9.18 Å². The average Bonchev–Trinajstić information content (AvgIpc) is 2.65. The van der Waals surface area contributed by atoms with E-state index in [2.05, 4.69) is 0 Å². The van der Waals surface area contributed by atoms with E-state index in [9.17, 15) is 9.59 Å². The van der Waals surface area contributed by atoms with Crippen LogP contribution in [0.5, 0.6) is 11.5 Å². The Hall–Kier alpha value is -2.39. The summed E-state index contributed by atoms with van der Waals surface area (Å²) in [5, 5.41) is 0. The van der Waals surface area contributed by atoms with Gasteiger partial charge in [-0.1, -0.05) is 30.3 Å². The number of ketones is 1. The van der Waals surface area contributed by atoms with E-state index in [1.165, 1.54) is 14.2 Å². The highest BCUT2D eigenvalue weighted by Gasteiger charge is 2.26. The highest BCUT2D eigenvalue weighted by Crippen LogP contribution is 2.31. The van der Waals surface area contributed by atoms with Gasteiger partial charge in [-0.2, -0.15) is 0 Å². The zero-order chi connectivity index (χ0) is 17.5. The van der Waals surface area contributed by atoms with Crippen LogP contribution in [0.15, 0.2) is 48.5 Å². The van der Waals surface area contributed by atoms with Crippen molar-refractivity contribution < 1.29 is 23.8 Å². The molecular weight excluding hydrogens is 315 g/mol. The van der Waals surface area contributed by atoms with Gasteiger partial charge in [0.15, 0.2) is 6.10 Å². The topological polar surface area (TPSA) is 61.8 Å². The van der Waals surface area contributed by atoms with E-state index in [0.717, 1.165) is 0 Å². The van der Waals surface area contributed by atoms with Gasteiger partial charge in [-0.3, -0.25) is 4.79 Å². The highest BCUT2D eigenvalue weighted by molar-refractivity contribution is 7.39. The zero-order valence-corrected chi connectivity index (χ0v) is 13.7. The summed E-state index contributed by atoms with van der Waals surface area (Å²) in [6.07, 6.45) is -1.17. The van der Waals surface area contributed by atoms with Crippen LogP contribution in [0.4, 0.5) is 4.79 Å². The molecule has 23 heavy (non-hydrogen) atoms. The first-order chi connectivity index (χ1) is 11.6. The Labute approximate surface area is 138 Å². The van der Waals surface area contributed by atoms with Crippen molar-refractivity contribution in [3.05, 3.63) is 59.7 Å². The van der Waals surface area contributed by atoms with Gasteiger partial charge < -0.3 is 14.2 Å². The molecular formula is C17H17O5P. The average molecular weight is 333 g/mol. The lowest BCUT2D eigenvalue weighted by Crippen LogP contribution is -2.17. The van der Waals surface area contributed by atoms with Gasteiger partial charge in [0.05, 0.1) is 15.5 Å². The molecule has 0 heterocycles. The van der Waals surface area contributed by atoms with E-state index in [0.29, 0.717) is 22.6 Å². The van der Waals surface area contributed by atoms with Crippen LogP contribution in [0, 0.1) is 0 Å². The number of carbonyl (C=O) groups is 2. The molecule has 0 saturated carbocycles. The minimum absolute atomic E-state index is 0.377. The lowest BCUT2D eigenvalue weighted by Gasteiger charge is -2.18. The van der Waals surface area contributed by atoms with Crippen molar-refractivity contribution in [2.24, 2.45) is 0 Å². The van der Waals surface area contributed by atoms with Gasteiger partial charge in [0.1, 0.15) is 11.5 Å². The lowest BCUT2D eigenvalue weighted by atomic mass is 9.99. The van der Waals surface area contributed by atoms with Crippen molar-refractivity contribution in [1.82, 2.24) is 0 Å². The SMILES string of the molecule is [2H]PC(=O)OC(C(=O)c1ccccc1)c1cc(OC)cc(OC)c1. The van der Waals surface area contributed by atoms with Gasteiger partial charge in [-0.05, 0) is 21.3 Å². The summed E-state index contributed by atoms with van der Waals surface area (Å²) in [5.41, 5.74) is 0.0723. The first kappa shape index (κ1) is 15.5. The summed E-state index contributed by atoms with van der Waals surface area (Å²) < 4.78 is 22.8. The fourth-order valence-electron chi connectivity index (χ4n) is 2.11. The van der Waals surface area contributed by atoms with Crippen molar-refractivity contribution in [2.75, 3.05) is 14.2 Å². The third kappa shape index (κ3) is 4.30. The summed E-state index contributed by atoms with van der Waals surface area (Å²) >= 11 is 0. The van der Waals surface area contributed by atoms with Crippen LogP contribution in [0.25, 0.3) is 0 Å². The molecule has 120 valence electrons. The largest absolute Gasteiger partial charge is 0.497 e. The second-order valence-corrected chi connectivity index (χ2v) is 5.07. The molecule has 5 nitrogen and oxygen atoms in total. The molecule has 2 unspecified atom stereocenters. The molecule has 0 amide bonds. The Morgan fingerprint density at radius 2 is 1.65 bits per heavy atom.